The summed E-state index contributed by atoms with van der Waals surface area (Å²) in [7, 11) is -3.89. The predicted octanol–water partition coefficient (Wildman–Crippen LogP) is 0.0823. The van der Waals surface area contributed by atoms with Crippen LogP contribution in [0, 0.1) is 0 Å². The van der Waals surface area contributed by atoms with Gasteiger partial charge in [-0.3, -0.25) is 14.4 Å². The number of fused-ring (bicyclic) bond motifs is 1. The van der Waals surface area contributed by atoms with Gasteiger partial charge in [-0.1, -0.05) is 6.92 Å². The molecular formula is C20H25N3O8S2. The van der Waals surface area contributed by atoms with Crippen molar-refractivity contribution in [1.29, 1.82) is 0 Å². The molecule has 2 heterocycles. The lowest BCUT2D eigenvalue weighted by Crippen LogP contribution is -2.82. The number of amides is 2. The van der Waals surface area contributed by atoms with Gasteiger partial charge in [0.15, 0.2) is 11.9 Å². The van der Waals surface area contributed by atoms with Gasteiger partial charge in [0.1, 0.15) is 17.2 Å². The van der Waals surface area contributed by atoms with Crippen LogP contribution in [0.5, 0.6) is 5.75 Å². The quantitative estimate of drug-likeness (QED) is 0.331. The first-order chi connectivity index (χ1) is 15.2. The van der Waals surface area contributed by atoms with Crippen LogP contribution < -0.4 is 15.2 Å². The van der Waals surface area contributed by atoms with Crippen molar-refractivity contribution >= 4 is 45.4 Å². The predicted molar refractivity (Wildman–Crippen MR) is 118 cm³/mol. The third-order valence-corrected chi connectivity index (χ3v) is 8.31. The van der Waals surface area contributed by atoms with Crippen molar-refractivity contribution < 1.29 is 37.4 Å². The van der Waals surface area contributed by atoms with E-state index in [1.54, 1.807) is 20.8 Å². The molecule has 4 N–H and O–H groups in total. The van der Waals surface area contributed by atoms with Gasteiger partial charge in [-0.05, 0) is 51.5 Å². The molecule has 4 atom stereocenters. The standard InChI is InChI=1S/C20H25N3O8S2/c1-5-13(31-11-6-8-12(9-7-11)33(21,29)30)15(25)22-20(10(2)24)17(28)23-14(16(26)27)19(3,4)32-18(20)23/h6-9,13-14,18H,5H2,1-4H3,(H,22,25)(H,26,27)(H2,21,29,30)/t13?,14-,18+,20-/m0/s1. The number of carbonyl (C=O) groups is 4. The number of rotatable bonds is 8. The number of carbonyl (C=O) groups excluding carboxylic acids is 3. The summed E-state index contributed by atoms with van der Waals surface area (Å²) in [6.45, 7) is 6.16. The van der Waals surface area contributed by atoms with E-state index >= 15 is 0 Å². The number of thioether (sulfide) groups is 1. The number of hydrogen-bond acceptors (Lipinski definition) is 8. The van der Waals surface area contributed by atoms with Crippen molar-refractivity contribution in [3.8, 4) is 5.75 Å². The SMILES string of the molecule is CCC(Oc1ccc(S(N)(=O)=O)cc1)C(=O)N[C@@]1(C(C)=O)C(=O)N2[C@@H](C(=O)O)C(C)(C)S[C@@H]21. The number of sulfonamides is 1. The highest BCUT2D eigenvalue weighted by atomic mass is 32.2. The van der Waals surface area contributed by atoms with Gasteiger partial charge < -0.3 is 20.1 Å². The fourth-order valence-electron chi connectivity index (χ4n) is 4.06. The molecule has 11 nitrogen and oxygen atoms in total. The van der Waals surface area contributed by atoms with Gasteiger partial charge in [-0.15, -0.1) is 11.8 Å². The van der Waals surface area contributed by atoms with Gasteiger partial charge in [-0.2, -0.15) is 0 Å². The molecule has 0 bridgehead atoms. The Morgan fingerprint density at radius 3 is 2.30 bits per heavy atom. The molecule has 0 aromatic heterocycles. The lowest BCUT2D eigenvalue weighted by molar-refractivity contribution is -0.172. The maximum absolute atomic E-state index is 13.0. The number of aliphatic carboxylic acids is 1. The lowest BCUT2D eigenvalue weighted by atomic mass is 9.81. The zero-order valence-corrected chi connectivity index (χ0v) is 20.0. The number of nitrogens with zero attached hydrogens (tertiary/aromatic N) is 1. The summed E-state index contributed by atoms with van der Waals surface area (Å²) in [5.74, 6) is -3.11. The van der Waals surface area contributed by atoms with Crippen LogP contribution in [-0.2, 0) is 29.2 Å². The molecule has 0 radical (unpaired) electrons. The van der Waals surface area contributed by atoms with Gasteiger partial charge >= 0.3 is 5.97 Å². The molecule has 1 unspecified atom stereocenters. The summed E-state index contributed by atoms with van der Waals surface area (Å²) < 4.78 is 27.6. The molecule has 2 fully saturated rings. The fourth-order valence-corrected chi connectivity index (χ4v) is 6.32. The largest absolute Gasteiger partial charge is 0.481 e. The Labute approximate surface area is 195 Å². The number of primary sulfonamides is 1. The number of ketones is 1. The van der Waals surface area contributed by atoms with Crippen LogP contribution in [-0.4, -0.2) is 69.8 Å². The first-order valence-corrected chi connectivity index (χ1v) is 12.5. The van der Waals surface area contributed by atoms with Crippen LogP contribution in [0.25, 0.3) is 0 Å². The van der Waals surface area contributed by atoms with Crippen LogP contribution in [0.3, 0.4) is 0 Å². The van der Waals surface area contributed by atoms with Gasteiger partial charge in [-0.25, -0.2) is 18.4 Å². The molecule has 1 aromatic carbocycles. The summed E-state index contributed by atoms with van der Waals surface area (Å²) in [5, 5.41) is 16.3. The van der Waals surface area contributed by atoms with Crippen molar-refractivity contribution in [3.63, 3.8) is 0 Å². The minimum Gasteiger partial charge on any atom is -0.481 e. The first-order valence-electron chi connectivity index (χ1n) is 10.0. The van der Waals surface area contributed by atoms with Crippen LogP contribution in [0.15, 0.2) is 29.2 Å². The minimum atomic E-state index is -3.89. The maximum Gasteiger partial charge on any atom is 0.327 e. The van der Waals surface area contributed by atoms with Crippen LogP contribution in [0.4, 0.5) is 0 Å². The first kappa shape index (κ1) is 25.0. The molecule has 33 heavy (non-hydrogen) atoms. The highest BCUT2D eigenvalue weighted by molar-refractivity contribution is 8.01. The maximum atomic E-state index is 13.0. The second kappa shape index (κ2) is 8.29. The van der Waals surface area contributed by atoms with E-state index in [4.69, 9.17) is 9.88 Å². The number of nitrogens with two attached hydrogens (primary N) is 1. The molecular weight excluding hydrogens is 474 g/mol. The Bertz CT molecular complexity index is 1120. The molecule has 3 rings (SSSR count). The molecule has 2 aliphatic rings. The van der Waals surface area contributed by atoms with E-state index in [2.05, 4.69) is 5.32 Å². The summed E-state index contributed by atoms with van der Waals surface area (Å²) >= 11 is 1.14. The lowest BCUT2D eigenvalue weighted by Gasteiger charge is -2.51. The van der Waals surface area contributed by atoms with Crippen LogP contribution in [0.2, 0.25) is 0 Å². The normalized spacial score (nSPS) is 26.7. The Morgan fingerprint density at radius 2 is 1.85 bits per heavy atom. The molecule has 13 heteroatoms. The monoisotopic (exact) mass is 499 g/mol. The van der Waals surface area contributed by atoms with E-state index in [1.165, 1.54) is 31.2 Å². The van der Waals surface area contributed by atoms with E-state index in [1.807, 2.05) is 0 Å². The minimum absolute atomic E-state index is 0.128. The van der Waals surface area contributed by atoms with Crippen molar-refractivity contribution in [2.45, 2.75) is 66.8 Å². The van der Waals surface area contributed by atoms with E-state index in [0.717, 1.165) is 16.7 Å². The average molecular weight is 500 g/mol. The van der Waals surface area contributed by atoms with Crippen LogP contribution in [0.1, 0.15) is 34.1 Å². The molecule has 2 aliphatic heterocycles. The van der Waals surface area contributed by atoms with Crippen molar-refractivity contribution in [1.82, 2.24) is 10.2 Å². The summed E-state index contributed by atoms with van der Waals surface area (Å²) in [4.78, 5) is 51.4. The summed E-state index contributed by atoms with van der Waals surface area (Å²) in [5.41, 5.74) is -1.89. The van der Waals surface area contributed by atoms with E-state index in [0.29, 0.717) is 0 Å². The molecule has 180 valence electrons. The smallest absolute Gasteiger partial charge is 0.327 e. The number of carboxylic acid groups (broad SMARTS) is 1. The molecule has 0 spiro atoms. The zero-order chi connectivity index (χ0) is 24.9. The van der Waals surface area contributed by atoms with Crippen molar-refractivity contribution in [3.05, 3.63) is 24.3 Å². The zero-order valence-electron chi connectivity index (χ0n) is 18.4. The third kappa shape index (κ3) is 4.08. The van der Waals surface area contributed by atoms with Gasteiger partial charge in [0.25, 0.3) is 11.8 Å². The van der Waals surface area contributed by atoms with E-state index < -0.39 is 61.4 Å². The second-order valence-corrected chi connectivity index (χ2v) is 11.7. The van der Waals surface area contributed by atoms with E-state index in [-0.39, 0.29) is 17.1 Å². The summed E-state index contributed by atoms with van der Waals surface area (Å²) in [6.07, 6.45) is -0.923. The number of carboxylic acids is 1. The Kier molecular flexibility index (Phi) is 6.28. The molecule has 2 amide bonds. The van der Waals surface area contributed by atoms with E-state index in [9.17, 15) is 32.7 Å². The van der Waals surface area contributed by atoms with Gasteiger partial charge in [0.05, 0.1) is 4.90 Å². The topological polar surface area (TPSA) is 173 Å². The number of ether oxygens (including phenoxy) is 1. The van der Waals surface area contributed by atoms with Crippen LogP contribution >= 0.6 is 11.8 Å². The summed E-state index contributed by atoms with van der Waals surface area (Å²) in [6, 6.07) is 3.98. The number of β-lactam (4-membered cyclic amide) rings is 1. The van der Waals surface area contributed by atoms with Crippen molar-refractivity contribution in [2.24, 2.45) is 5.14 Å². The average Bonchev–Trinajstić information content (AvgIpc) is 2.98. The highest BCUT2D eigenvalue weighted by Crippen LogP contribution is 2.55. The third-order valence-electron chi connectivity index (χ3n) is 5.75. The molecule has 1 aromatic rings. The molecule has 2 saturated heterocycles. The Morgan fingerprint density at radius 1 is 1.27 bits per heavy atom. The number of benzene rings is 1. The Hall–Kier alpha value is -2.64. The van der Waals surface area contributed by atoms with Gasteiger partial charge in [0, 0.05) is 4.75 Å². The molecule has 0 aliphatic carbocycles. The van der Waals surface area contributed by atoms with Crippen molar-refractivity contribution in [2.75, 3.05) is 0 Å². The molecule has 0 saturated carbocycles. The number of nitrogens with one attached hydrogen (secondary N) is 1. The fraction of sp³-hybridized carbons (Fsp3) is 0.500. The number of Topliss-reactive ketones (excluding diaryl/α,β-unsaturated/α-hetero) is 1. The second-order valence-electron chi connectivity index (χ2n) is 8.41. The highest BCUT2D eigenvalue weighted by Gasteiger charge is 2.74. The number of hydrogen-bond donors (Lipinski definition) is 3. The van der Waals surface area contributed by atoms with Gasteiger partial charge in [0.2, 0.25) is 15.6 Å². The Balaban J connectivity index is 1.82.